The number of aryl methyl sites for hydroxylation is 1. The Morgan fingerprint density at radius 1 is 1.21 bits per heavy atom. The van der Waals surface area contributed by atoms with Crippen LogP contribution in [0, 0.1) is 0 Å². The zero-order valence-electron chi connectivity index (χ0n) is 12.3. The van der Waals surface area contributed by atoms with Crippen LogP contribution in [0.4, 0.5) is 5.69 Å². The maximum atomic E-state index is 9.27. The molecule has 3 nitrogen and oxygen atoms in total. The molecular formula is C16H26N2O. The van der Waals surface area contributed by atoms with Crippen LogP contribution in [-0.4, -0.2) is 48.8 Å². The maximum Gasteiger partial charge on any atom is 0.0451 e. The van der Waals surface area contributed by atoms with E-state index in [9.17, 15) is 5.11 Å². The largest absolute Gasteiger partial charge is 0.396 e. The molecule has 0 spiro atoms. The first kappa shape index (κ1) is 14.4. The number of nitrogens with zero attached hydrogens (tertiary/aromatic N) is 2. The highest BCUT2D eigenvalue weighted by atomic mass is 16.3. The minimum absolute atomic E-state index is 0.260. The lowest BCUT2D eigenvalue weighted by atomic mass is 10.0. The van der Waals surface area contributed by atoms with E-state index in [0.717, 1.165) is 25.9 Å². The zero-order chi connectivity index (χ0) is 13.8. The standard InChI is InChI=1S/C16H26N2O/c1-4-14-5-7-15(8-6-14)18-11-13(2)17(3)12-16(18)9-10-19/h5-8,13,16,19H,4,9-12H2,1-3H3. The van der Waals surface area contributed by atoms with Crippen LogP contribution in [0.25, 0.3) is 0 Å². The van der Waals surface area contributed by atoms with E-state index in [-0.39, 0.29) is 6.61 Å². The molecule has 1 aromatic rings. The Hall–Kier alpha value is -1.06. The van der Waals surface area contributed by atoms with E-state index in [4.69, 9.17) is 0 Å². The van der Waals surface area contributed by atoms with Gasteiger partial charge in [-0.15, -0.1) is 0 Å². The fraction of sp³-hybridized carbons (Fsp3) is 0.625. The van der Waals surface area contributed by atoms with Crippen LogP contribution in [0.1, 0.15) is 25.8 Å². The van der Waals surface area contributed by atoms with Crippen LogP contribution in [0.15, 0.2) is 24.3 Å². The van der Waals surface area contributed by atoms with Crippen LogP contribution < -0.4 is 4.90 Å². The molecule has 3 heteroatoms. The summed E-state index contributed by atoms with van der Waals surface area (Å²) in [4.78, 5) is 4.84. The summed E-state index contributed by atoms with van der Waals surface area (Å²) >= 11 is 0. The molecule has 0 amide bonds. The summed E-state index contributed by atoms with van der Waals surface area (Å²) < 4.78 is 0. The van der Waals surface area contributed by atoms with Crippen molar-refractivity contribution >= 4 is 5.69 Å². The predicted molar refractivity (Wildman–Crippen MR) is 80.7 cm³/mol. The number of anilines is 1. The van der Waals surface area contributed by atoms with Gasteiger partial charge in [-0.1, -0.05) is 19.1 Å². The molecule has 1 aliphatic heterocycles. The third-order valence-corrected chi connectivity index (χ3v) is 4.29. The molecule has 2 unspecified atom stereocenters. The van der Waals surface area contributed by atoms with Gasteiger partial charge < -0.3 is 10.0 Å². The summed E-state index contributed by atoms with van der Waals surface area (Å²) in [5.41, 5.74) is 2.67. The molecule has 0 aromatic heterocycles. The van der Waals surface area contributed by atoms with Crippen molar-refractivity contribution in [1.29, 1.82) is 0 Å². The molecule has 1 heterocycles. The lowest BCUT2D eigenvalue weighted by Gasteiger charge is -2.45. The normalized spacial score (nSPS) is 24.7. The Bertz CT molecular complexity index is 390. The highest BCUT2D eigenvalue weighted by Crippen LogP contribution is 2.24. The molecular weight excluding hydrogens is 236 g/mol. The molecule has 1 aromatic carbocycles. The van der Waals surface area contributed by atoms with Crippen molar-refractivity contribution < 1.29 is 5.11 Å². The quantitative estimate of drug-likeness (QED) is 0.900. The molecule has 2 rings (SSSR count). The summed E-state index contributed by atoms with van der Waals surface area (Å²) in [6, 6.07) is 9.85. The Kier molecular flexibility index (Phi) is 4.83. The second-order valence-electron chi connectivity index (χ2n) is 5.63. The van der Waals surface area contributed by atoms with Crippen molar-refractivity contribution in [1.82, 2.24) is 4.90 Å². The first-order valence-corrected chi connectivity index (χ1v) is 7.32. The maximum absolute atomic E-state index is 9.27. The van der Waals surface area contributed by atoms with Gasteiger partial charge in [0.25, 0.3) is 0 Å². The fourth-order valence-corrected chi connectivity index (χ4v) is 2.82. The third-order valence-electron chi connectivity index (χ3n) is 4.29. The Morgan fingerprint density at radius 2 is 1.89 bits per heavy atom. The van der Waals surface area contributed by atoms with Crippen molar-refractivity contribution in [2.45, 2.75) is 38.8 Å². The highest BCUT2D eigenvalue weighted by molar-refractivity contribution is 5.49. The number of piperazine rings is 1. The number of likely N-dealkylation sites (N-methyl/N-ethyl adjacent to an activating group) is 1. The number of benzene rings is 1. The summed E-state index contributed by atoms with van der Waals surface area (Å²) in [6.07, 6.45) is 1.92. The SMILES string of the molecule is CCc1ccc(N2CC(C)N(C)CC2CCO)cc1. The number of rotatable bonds is 4. The summed E-state index contributed by atoms with van der Waals surface area (Å²) in [5, 5.41) is 9.27. The van der Waals surface area contributed by atoms with Gasteiger partial charge in [-0.05, 0) is 44.5 Å². The lowest BCUT2D eigenvalue weighted by molar-refractivity contribution is 0.177. The predicted octanol–water partition coefficient (Wildman–Crippen LogP) is 2.14. The lowest BCUT2D eigenvalue weighted by Crippen LogP contribution is -2.56. The van der Waals surface area contributed by atoms with Crippen molar-refractivity contribution in [2.24, 2.45) is 0 Å². The van der Waals surface area contributed by atoms with Gasteiger partial charge in [0.15, 0.2) is 0 Å². The van der Waals surface area contributed by atoms with E-state index in [1.807, 2.05) is 0 Å². The number of aliphatic hydroxyl groups is 1. The molecule has 1 aliphatic rings. The van der Waals surface area contributed by atoms with Crippen LogP contribution >= 0.6 is 0 Å². The van der Waals surface area contributed by atoms with E-state index in [1.165, 1.54) is 11.3 Å². The van der Waals surface area contributed by atoms with Crippen LogP contribution in [0.5, 0.6) is 0 Å². The first-order valence-electron chi connectivity index (χ1n) is 7.32. The summed E-state index contributed by atoms with van der Waals surface area (Å²) in [7, 11) is 2.17. The Morgan fingerprint density at radius 3 is 2.47 bits per heavy atom. The molecule has 19 heavy (non-hydrogen) atoms. The van der Waals surface area contributed by atoms with E-state index in [0.29, 0.717) is 12.1 Å². The van der Waals surface area contributed by atoms with Crippen LogP contribution in [-0.2, 0) is 6.42 Å². The molecule has 2 atom stereocenters. The van der Waals surface area contributed by atoms with Gasteiger partial charge in [-0.2, -0.15) is 0 Å². The third kappa shape index (κ3) is 3.28. The average molecular weight is 262 g/mol. The van der Waals surface area contributed by atoms with E-state index in [1.54, 1.807) is 0 Å². The van der Waals surface area contributed by atoms with Gasteiger partial charge in [0.2, 0.25) is 0 Å². The number of hydrogen-bond acceptors (Lipinski definition) is 3. The molecule has 1 fully saturated rings. The van der Waals surface area contributed by atoms with Crippen molar-refractivity contribution in [2.75, 3.05) is 31.6 Å². The van der Waals surface area contributed by atoms with Crippen LogP contribution in [0.2, 0.25) is 0 Å². The van der Waals surface area contributed by atoms with Gasteiger partial charge in [0, 0.05) is 37.5 Å². The molecule has 0 radical (unpaired) electrons. The van der Waals surface area contributed by atoms with Crippen molar-refractivity contribution in [3.63, 3.8) is 0 Å². The smallest absolute Gasteiger partial charge is 0.0451 e. The van der Waals surface area contributed by atoms with Crippen LogP contribution in [0.3, 0.4) is 0 Å². The number of hydrogen-bond donors (Lipinski definition) is 1. The Labute approximate surface area is 116 Å². The van der Waals surface area contributed by atoms with Crippen molar-refractivity contribution in [3.05, 3.63) is 29.8 Å². The Balaban J connectivity index is 2.17. The van der Waals surface area contributed by atoms with Gasteiger partial charge in [-0.3, -0.25) is 4.90 Å². The topological polar surface area (TPSA) is 26.7 Å². The minimum atomic E-state index is 0.260. The molecule has 106 valence electrons. The number of aliphatic hydroxyl groups excluding tert-OH is 1. The second-order valence-corrected chi connectivity index (χ2v) is 5.63. The summed E-state index contributed by atoms with van der Waals surface area (Å²) in [6.45, 7) is 6.77. The molecule has 0 aliphatic carbocycles. The molecule has 0 bridgehead atoms. The highest BCUT2D eigenvalue weighted by Gasteiger charge is 2.29. The monoisotopic (exact) mass is 262 g/mol. The van der Waals surface area contributed by atoms with Gasteiger partial charge in [0.05, 0.1) is 0 Å². The van der Waals surface area contributed by atoms with Gasteiger partial charge in [-0.25, -0.2) is 0 Å². The second kappa shape index (κ2) is 6.40. The zero-order valence-corrected chi connectivity index (χ0v) is 12.3. The first-order chi connectivity index (χ1) is 9.15. The van der Waals surface area contributed by atoms with E-state index < -0.39 is 0 Å². The average Bonchev–Trinajstić information content (AvgIpc) is 2.43. The fourth-order valence-electron chi connectivity index (χ4n) is 2.82. The molecule has 1 saturated heterocycles. The van der Waals surface area contributed by atoms with Gasteiger partial charge >= 0.3 is 0 Å². The minimum Gasteiger partial charge on any atom is -0.396 e. The molecule has 1 N–H and O–H groups in total. The van der Waals surface area contributed by atoms with Gasteiger partial charge in [0.1, 0.15) is 0 Å². The van der Waals surface area contributed by atoms with Crippen molar-refractivity contribution in [3.8, 4) is 0 Å². The summed E-state index contributed by atoms with van der Waals surface area (Å²) in [5.74, 6) is 0. The molecule has 0 saturated carbocycles. The van der Waals surface area contributed by atoms with E-state index >= 15 is 0 Å². The van der Waals surface area contributed by atoms with E-state index in [2.05, 4.69) is 55.0 Å².